The van der Waals surface area contributed by atoms with E-state index >= 15 is 0 Å². The van der Waals surface area contributed by atoms with Gasteiger partial charge in [0.25, 0.3) is 5.91 Å². The van der Waals surface area contributed by atoms with E-state index in [1.54, 1.807) is 18.2 Å². The summed E-state index contributed by atoms with van der Waals surface area (Å²) in [7, 11) is 0.231. The van der Waals surface area contributed by atoms with E-state index in [0.717, 1.165) is 6.54 Å². The smallest absolute Gasteiger partial charge is 0.251 e. The normalized spacial score (nSPS) is 11.6. The van der Waals surface area contributed by atoms with Crippen molar-refractivity contribution in [3.8, 4) is 0 Å². The lowest BCUT2D eigenvalue weighted by Gasteiger charge is -2.11. The molecule has 6 nitrogen and oxygen atoms in total. The van der Waals surface area contributed by atoms with Crippen LogP contribution in [0, 0.1) is 5.82 Å². The fraction of sp³-hybridized carbons (Fsp3) is 0.316. The van der Waals surface area contributed by atoms with Gasteiger partial charge < -0.3 is 10.2 Å². The van der Waals surface area contributed by atoms with Gasteiger partial charge in [0.05, 0.1) is 4.90 Å². The lowest BCUT2D eigenvalue weighted by Crippen LogP contribution is -2.27. The van der Waals surface area contributed by atoms with Gasteiger partial charge in [0.2, 0.25) is 10.0 Å². The Kier molecular flexibility index (Phi) is 7.46. The zero-order chi connectivity index (χ0) is 19.9. The van der Waals surface area contributed by atoms with Crippen molar-refractivity contribution in [2.75, 3.05) is 27.2 Å². The highest BCUT2D eigenvalue weighted by atomic mass is 32.2. The SMILES string of the molecule is CN(C)CCCNS(=O)(=O)c1ccc(C(=O)NCc2ccccc2F)cc1. The maximum absolute atomic E-state index is 13.6. The molecule has 0 fully saturated rings. The standard InChI is InChI=1S/C19H24FN3O3S/c1-23(2)13-5-12-22-27(25,26)17-10-8-15(9-11-17)19(24)21-14-16-6-3-4-7-18(16)20/h3-4,6-11,22H,5,12-14H2,1-2H3,(H,21,24). The Hall–Kier alpha value is -2.29. The van der Waals surface area contributed by atoms with Crippen LogP contribution in [0.2, 0.25) is 0 Å². The van der Waals surface area contributed by atoms with Crippen LogP contribution in [0.25, 0.3) is 0 Å². The van der Waals surface area contributed by atoms with Crippen LogP contribution in [0.15, 0.2) is 53.4 Å². The minimum Gasteiger partial charge on any atom is -0.348 e. The van der Waals surface area contributed by atoms with Crippen molar-refractivity contribution in [3.63, 3.8) is 0 Å². The summed E-state index contributed by atoms with van der Waals surface area (Å²) in [4.78, 5) is 14.2. The van der Waals surface area contributed by atoms with Crippen LogP contribution in [-0.4, -0.2) is 46.4 Å². The highest BCUT2D eigenvalue weighted by Gasteiger charge is 2.14. The molecule has 0 aliphatic carbocycles. The number of amides is 1. The van der Waals surface area contributed by atoms with Crippen molar-refractivity contribution in [1.29, 1.82) is 0 Å². The van der Waals surface area contributed by atoms with E-state index in [9.17, 15) is 17.6 Å². The third-order valence-electron chi connectivity index (χ3n) is 3.90. The molecular formula is C19H24FN3O3S. The predicted molar refractivity (Wildman–Crippen MR) is 102 cm³/mol. The zero-order valence-corrected chi connectivity index (χ0v) is 16.2. The van der Waals surface area contributed by atoms with Crippen LogP contribution < -0.4 is 10.0 Å². The van der Waals surface area contributed by atoms with Gasteiger partial charge in [0, 0.05) is 24.2 Å². The average Bonchev–Trinajstić information content (AvgIpc) is 2.64. The number of benzene rings is 2. The molecule has 0 aliphatic rings. The van der Waals surface area contributed by atoms with E-state index in [1.807, 2.05) is 19.0 Å². The van der Waals surface area contributed by atoms with Crippen LogP contribution in [0.1, 0.15) is 22.3 Å². The Morgan fingerprint density at radius 3 is 2.37 bits per heavy atom. The third kappa shape index (κ3) is 6.42. The molecule has 146 valence electrons. The average molecular weight is 393 g/mol. The van der Waals surface area contributed by atoms with Crippen LogP contribution in [0.5, 0.6) is 0 Å². The number of hydrogen-bond acceptors (Lipinski definition) is 4. The Balaban J connectivity index is 1.93. The first-order valence-corrected chi connectivity index (χ1v) is 10.0. The second-order valence-electron chi connectivity index (χ2n) is 6.35. The highest BCUT2D eigenvalue weighted by Crippen LogP contribution is 2.11. The van der Waals surface area contributed by atoms with Crippen molar-refractivity contribution >= 4 is 15.9 Å². The second kappa shape index (κ2) is 9.59. The molecule has 2 aromatic rings. The Morgan fingerprint density at radius 2 is 1.74 bits per heavy atom. The molecule has 1 amide bonds. The maximum Gasteiger partial charge on any atom is 0.251 e. The molecule has 0 spiro atoms. The number of rotatable bonds is 9. The van der Waals surface area contributed by atoms with Crippen LogP contribution in [0.3, 0.4) is 0 Å². The molecule has 2 N–H and O–H groups in total. The number of carbonyl (C=O) groups excluding carboxylic acids is 1. The molecule has 0 bridgehead atoms. The van der Waals surface area contributed by atoms with E-state index in [1.165, 1.54) is 30.3 Å². The first kappa shape index (κ1) is 21.0. The van der Waals surface area contributed by atoms with Crippen molar-refractivity contribution in [3.05, 3.63) is 65.5 Å². The van der Waals surface area contributed by atoms with Gasteiger partial charge in [-0.05, 0) is 57.4 Å². The van der Waals surface area contributed by atoms with Gasteiger partial charge in [-0.15, -0.1) is 0 Å². The maximum atomic E-state index is 13.6. The van der Waals surface area contributed by atoms with Crippen molar-refractivity contribution in [1.82, 2.24) is 14.9 Å². The summed E-state index contributed by atoms with van der Waals surface area (Å²) in [6, 6.07) is 11.8. The molecule has 8 heteroatoms. The molecule has 0 unspecified atom stereocenters. The van der Waals surface area contributed by atoms with E-state index in [4.69, 9.17) is 0 Å². The van der Waals surface area contributed by atoms with E-state index in [2.05, 4.69) is 10.0 Å². The summed E-state index contributed by atoms with van der Waals surface area (Å²) in [5.41, 5.74) is 0.685. The molecular weight excluding hydrogens is 369 g/mol. The van der Waals surface area contributed by atoms with Crippen LogP contribution in [-0.2, 0) is 16.6 Å². The van der Waals surface area contributed by atoms with Gasteiger partial charge in [-0.2, -0.15) is 0 Å². The fourth-order valence-corrected chi connectivity index (χ4v) is 3.46. The topological polar surface area (TPSA) is 78.5 Å². The fourth-order valence-electron chi connectivity index (χ4n) is 2.39. The summed E-state index contributed by atoms with van der Waals surface area (Å²) in [5.74, 6) is -0.791. The van der Waals surface area contributed by atoms with Crippen molar-refractivity contribution in [2.24, 2.45) is 0 Å². The molecule has 0 atom stereocenters. The Morgan fingerprint density at radius 1 is 1.07 bits per heavy atom. The monoisotopic (exact) mass is 393 g/mol. The quantitative estimate of drug-likeness (QED) is 0.639. The number of sulfonamides is 1. The summed E-state index contributed by atoms with van der Waals surface area (Å²) in [5, 5.41) is 2.62. The summed E-state index contributed by atoms with van der Waals surface area (Å²) in [6.07, 6.45) is 0.697. The van der Waals surface area contributed by atoms with E-state index in [-0.39, 0.29) is 17.3 Å². The second-order valence-corrected chi connectivity index (χ2v) is 8.12. The Bertz CT molecular complexity index is 868. The number of hydrogen-bond donors (Lipinski definition) is 2. The molecule has 0 aromatic heterocycles. The number of nitrogens with zero attached hydrogens (tertiary/aromatic N) is 1. The van der Waals surface area contributed by atoms with Gasteiger partial charge in [0.15, 0.2) is 0 Å². The number of carbonyl (C=O) groups is 1. The molecule has 0 saturated carbocycles. The van der Waals surface area contributed by atoms with Crippen LogP contribution >= 0.6 is 0 Å². The largest absolute Gasteiger partial charge is 0.348 e. The molecule has 0 aliphatic heterocycles. The summed E-state index contributed by atoms with van der Waals surface area (Å²) < 4.78 is 40.6. The molecule has 2 aromatic carbocycles. The molecule has 0 saturated heterocycles. The minimum absolute atomic E-state index is 0.0546. The predicted octanol–water partition coefficient (Wildman–Crippen LogP) is 1.99. The van der Waals surface area contributed by atoms with Gasteiger partial charge in [-0.3, -0.25) is 4.79 Å². The molecule has 0 heterocycles. The van der Waals surface area contributed by atoms with Crippen molar-refractivity contribution < 1.29 is 17.6 Å². The third-order valence-corrected chi connectivity index (χ3v) is 5.38. The number of nitrogens with one attached hydrogen (secondary N) is 2. The minimum atomic E-state index is -3.61. The first-order chi connectivity index (χ1) is 12.8. The lowest BCUT2D eigenvalue weighted by atomic mass is 10.2. The molecule has 0 radical (unpaired) electrons. The Labute approximate surface area is 159 Å². The van der Waals surface area contributed by atoms with Gasteiger partial charge in [0.1, 0.15) is 5.82 Å². The first-order valence-electron chi connectivity index (χ1n) is 8.55. The van der Waals surface area contributed by atoms with E-state index in [0.29, 0.717) is 24.1 Å². The zero-order valence-electron chi connectivity index (χ0n) is 15.4. The number of halogens is 1. The summed E-state index contributed by atoms with van der Waals surface area (Å²) in [6.45, 7) is 1.17. The lowest BCUT2D eigenvalue weighted by molar-refractivity contribution is 0.0950. The molecule has 27 heavy (non-hydrogen) atoms. The van der Waals surface area contributed by atoms with Crippen molar-refractivity contribution in [2.45, 2.75) is 17.9 Å². The molecule has 2 rings (SSSR count). The van der Waals surface area contributed by atoms with Gasteiger partial charge >= 0.3 is 0 Å². The van der Waals surface area contributed by atoms with Gasteiger partial charge in [-0.1, -0.05) is 18.2 Å². The van der Waals surface area contributed by atoms with Crippen LogP contribution in [0.4, 0.5) is 4.39 Å². The summed E-state index contributed by atoms with van der Waals surface area (Å²) >= 11 is 0. The van der Waals surface area contributed by atoms with E-state index < -0.39 is 15.9 Å². The highest BCUT2D eigenvalue weighted by molar-refractivity contribution is 7.89. The van der Waals surface area contributed by atoms with Gasteiger partial charge in [-0.25, -0.2) is 17.5 Å².